The lowest BCUT2D eigenvalue weighted by molar-refractivity contribution is -0.0320. The van der Waals surface area contributed by atoms with Gasteiger partial charge in [0.1, 0.15) is 12.0 Å². The van der Waals surface area contributed by atoms with Gasteiger partial charge in [-0.15, -0.1) is 0 Å². The van der Waals surface area contributed by atoms with E-state index in [4.69, 9.17) is 13.9 Å². The van der Waals surface area contributed by atoms with E-state index in [0.717, 1.165) is 69.4 Å². The van der Waals surface area contributed by atoms with Gasteiger partial charge in [-0.2, -0.15) is 0 Å². The van der Waals surface area contributed by atoms with Gasteiger partial charge in [-0.05, 0) is 38.3 Å². The van der Waals surface area contributed by atoms with Crippen LogP contribution >= 0.6 is 0 Å². The highest BCUT2D eigenvalue weighted by molar-refractivity contribution is 5.79. The van der Waals surface area contributed by atoms with Crippen molar-refractivity contribution in [2.75, 3.05) is 32.9 Å². The highest BCUT2D eigenvalue weighted by atomic mass is 16.5. The Morgan fingerprint density at radius 1 is 1.21 bits per heavy atom. The van der Waals surface area contributed by atoms with Crippen molar-refractivity contribution in [1.29, 1.82) is 0 Å². The first-order valence-electron chi connectivity index (χ1n) is 10.1. The molecule has 1 aromatic carbocycles. The summed E-state index contributed by atoms with van der Waals surface area (Å²) in [4.78, 5) is 9.11. The minimum Gasteiger partial charge on any atom is -0.444 e. The molecule has 0 aliphatic carbocycles. The number of hydrogen-bond donors (Lipinski definition) is 2. The number of aliphatic imine (C=N–C) groups is 1. The smallest absolute Gasteiger partial charge is 0.226 e. The average molecular weight is 386 g/mol. The normalized spacial score (nSPS) is 15.5. The van der Waals surface area contributed by atoms with Gasteiger partial charge in [-0.3, -0.25) is 0 Å². The molecule has 3 rings (SSSR count). The summed E-state index contributed by atoms with van der Waals surface area (Å²) in [7, 11) is 0. The van der Waals surface area contributed by atoms with E-state index in [1.165, 1.54) is 0 Å². The van der Waals surface area contributed by atoms with Crippen LogP contribution in [-0.4, -0.2) is 50.0 Å². The molecule has 0 unspecified atom stereocenters. The lowest BCUT2D eigenvalue weighted by Crippen LogP contribution is -2.38. The Kier molecular flexibility index (Phi) is 8.33. The number of guanidine groups is 1. The van der Waals surface area contributed by atoms with Crippen molar-refractivity contribution in [2.45, 2.75) is 38.8 Å². The quantitative estimate of drug-likeness (QED) is 0.392. The second-order valence-electron chi connectivity index (χ2n) is 6.67. The lowest BCUT2D eigenvalue weighted by Gasteiger charge is -2.22. The molecule has 0 bridgehead atoms. The number of hydrogen-bond acceptors (Lipinski definition) is 5. The maximum absolute atomic E-state index is 5.90. The predicted octanol–water partition coefficient (Wildman–Crippen LogP) is 2.98. The van der Waals surface area contributed by atoms with E-state index in [-0.39, 0.29) is 0 Å². The fourth-order valence-electron chi connectivity index (χ4n) is 2.97. The molecule has 1 aliphatic heterocycles. The van der Waals surface area contributed by atoms with Crippen LogP contribution in [0.25, 0.3) is 11.5 Å². The monoisotopic (exact) mass is 386 g/mol. The number of aromatic nitrogens is 1. The first-order valence-corrected chi connectivity index (χ1v) is 10.1. The lowest BCUT2D eigenvalue weighted by atomic mass is 10.1. The molecule has 0 spiro atoms. The summed E-state index contributed by atoms with van der Waals surface area (Å²) in [6.07, 6.45) is 4.95. The zero-order chi connectivity index (χ0) is 19.4. The molecule has 7 heteroatoms. The first-order chi connectivity index (χ1) is 13.8. The summed E-state index contributed by atoms with van der Waals surface area (Å²) in [6.45, 7) is 6.50. The summed E-state index contributed by atoms with van der Waals surface area (Å²) >= 11 is 0. The maximum atomic E-state index is 5.90. The fourth-order valence-corrected chi connectivity index (χ4v) is 2.97. The molecule has 2 N–H and O–H groups in total. The van der Waals surface area contributed by atoms with Gasteiger partial charge in [0.25, 0.3) is 0 Å². The Morgan fingerprint density at radius 2 is 2.04 bits per heavy atom. The molecular formula is C21H30N4O3. The van der Waals surface area contributed by atoms with E-state index in [0.29, 0.717) is 18.5 Å². The van der Waals surface area contributed by atoms with Crippen LogP contribution in [0.15, 0.2) is 46.0 Å². The van der Waals surface area contributed by atoms with Crippen LogP contribution in [0.2, 0.25) is 0 Å². The number of ether oxygens (including phenoxy) is 2. The van der Waals surface area contributed by atoms with Crippen LogP contribution in [0.5, 0.6) is 0 Å². The van der Waals surface area contributed by atoms with Crippen LogP contribution < -0.4 is 10.6 Å². The highest BCUT2D eigenvalue weighted by Crippen LogP contribution is 2.18. The Bertz CT molecular complexity index is 711. The van der Waals surface area contributed by atoms with Crippen molar-refractivity contribution in [3.8, 4) is 11.5 Å². The average Bonchev–Trinajstić information content (AvgIpc) is 3.22. The van der Waals surface area contributed by atoms with Crippen molar-refractivity contribution in [1.82, 2.24) is 15.6 Å². The van der Waals surface area contributed by atoms with E-state index in [9.17, 15) is 0 Å². The van der Waals surface area contributed by atoms with Gasteiger partial charge in [0.15, 0.2) is 5.96 Å². The van der Waals surface area contributed by atoms with Crippen LogP contribution in [0.3, 0.4) is 0 Å². The zero-order valence-electron chi connectivity index (χ0n) is 16.5. The van der Waals surface area contributed by atoms with Crippen molar-refractivity contribution in [2.24, 2.45) is 4.99 Å². The Hall–Kier alpha value is -2.38. The first kappa shape index (κ1) is 20.4. The molecule has 0 radical (unpaired) electrons. The number of benzene rings is 1. The largest absolute Gasteiger partial charge is 0.444 e. The maximum Gasteiger partial charge on any atom is 0.226 e. The van der Waals surface area contributed by atoms with Crippen molar-refractivity contribution in [3.05, 3.63) is 42.3 Å². The van der Waals surface area contributed by atoms with Gasteiger partial charge in [-0.25, -0.2) is 9.98 Å². The Labute approximate surface area is 166 Å². The van der Waals surface area contributed by atoms with Crippen molar-refractivity contribution < 1.29 is 13.9 Å². The van der Waals surface area contributed by atoms with E-state index in [2.05, 4.69) is 27.5 Å². The summed E-state index contributed by atoms with van der Waals surface area (Å²) in [5, 5.41) is 6.60. The molecule has 28 heavy (non-hydrogen) atoms. The van der Waals surface area contributed by atoms with Gasteiger partial charge in [0.05, 0.1) is 12.6 Å². The van der Waals surface area contributed by atoms with Gasteiger partial charge in [0, 0.05) is 38.5 Å². The molecule has 7 nitrogen and oxygen atoms in total. The molecule has 0 amide bonds. The molecule has 1 saturated heterocycles. The Morgan fingerprint density at radius 3 is 2.82 bits per heavy atom. The number of oxazole rings is 1. The third-order valence-corrected chi connectivity index (χ3v) is 4.45. The van der Waals surface area contributed by atoms with Crippen LogP contribution in [-0.2, 0) is 16.0 Å². The summed E-state index contributed by atoms with van der Waals surface area (Å²) in [5.74, 6) is 1.40. The van der Waals surface area contributed by atoms with Crippen molar-refractivity contribution >= 4 is 5.96 Å². The molecule has 1 fully saturated rings. The molecule has 2 aromatic rings. The summed E-state index contributed by atoms with van der Waals surface area (Å²) in [6, 6.07) is 9.87. The molecule has 2 heterocycles. The summed E-state index contributed by atoms with van der Waals surface area (Å²) in [5.41, 5.74) is 1.77. The number of nitrogens with zero attached hydrogens (tertiary/aromatic N) is 2. The van der Waals surface area contributed by atoms with Crippen LogP contribution in [0.1, 0.15) is 31.9 Å². The molecule has 1 aromatic heterocycles. The van der Waals surface area contributed by atoms with Gasteiger partial charge in [-0.1, -0.05) is 18.2 Å². The van der Waals surface area contributed by atoms with E-state index >= 15 is 0 Å². The fraction of sp³-hybridized carbons (Fsp3) is 0.524. The second-order valence-corrected chi connectivity index (χ2v) is 6.67. The number of rotatable bonds is 9. The highest BCUT2D eigenvalue weighted by Gasteiger charge is 2.13. The standard InChI is InChI=1S/C21H30N4O3/c1-2-22-21(23-11-6-12-27-19-9-13-26-14-10-19)24-15-18-16-28-20(25-18)17-7-4-3-5-8-17/h3-5,7-8,16,19H,2,6,9-15H2,1H3,(H2,22,23,24). The zero-order valence-corrected chi connectivity index (χ0v) is 16.5. The third kappa shape index (κ3) is 6.65. The Balaban J connectivity index is 1.41. The minimum atomic E-state index is 0.349. The van der Waals surface area contributed by atoms with Crippen molar-refractivity contribution in [3.63, 3.8) is 0 Å². The third-order valence-electron chi connectivity index (χ3n) is 4.45. The van der Waals surface area contributed by atoms with E-state index < -0.39 is 0 Å². The molecular weight excluding hydrogens is 356 g/mol. The van der Waals surface area contributed by atoms with E-state index in [1.807, 2.05) is 30.3 Å². The molecule has 152 valence electrons. The van der Waals surface area contributed by atoms with Gasteiger partial charge in [0.2, 0.25) is 5.89 Å². The minimum absolute atomic E-state index is 0.349. The summed E-state index contributed by atoms with van der Waals surface area (Å²) < 4.78 is 16.8. The number of nitrogens with one attached hydrogen (secondary N) is 2. The van der Waals surface area contributed by atoms with E-state index in [1.54, 1.807) is 6.26 Å². The molecule has 0 saturated carbocycles. The second kappa shape index (κ2) is 11.5. The molecule has 1 aliphatic rings. The topological polar surface area (TPSA) is 80.9 Å². The van der Waals surface area contributed by atoms with Crippen LogP contribution in [0.4, 0.5) is 0 Å². The van der Waals surface area contributed by atoms with Gasteiger partial charge >= 0.3 is 0 Å². The van der Waals surface area contributed by atoms with Gasteiger partial charge < -0.3 is 24.5 Å². The van der Waals surface area contributed by atoms with Crippen LogP contribution in [0, 0.1) is 0 Å². The predicted molar refractivity (Wildman–Crippen MR) is 109 cm³/mol. The molecule has 0 atom stereocenters. The SMILES string of the molecule is CCNC(=NCc1coc(-c2ccccc2)n1)NCCCOC1CCOCC1.